The number of hydrogen-bond acceptors (Lipinski definition) is 3. The fraction of sp³-hybridized carbons (Fsp3) is 0.385. The van der Waals surface area contributed by atoms with Crippen molar-refractivity contribution in [3.63, 3.8) is 0 Å². The molecule has 0 atom stereocenters. The largest absolute Gasteiger partial charge is 0.468 e. The molecule has 1 fully saturated rings. The zero-order valence-corrected chi connectivity index (χ0v) is 11.4. The first-order valence-electron chi connectivity index (χ1n) is 5.96. The molecule has 1 amide bonds. The van der Waals surface area contributed by atoms with Crippen LogP contribution < -0.4 is 0 Å². The van der Waals surface area contributed by atoms with Crippen molar-refractivity contribution in [1.82, 2.24) is 4.90 Å². The molecule has 1 aromatic rings. The third-order valence-corrected chi connectivity index (χ3v) is 3.10. The first-order chi connectivity index (χ1) is 9.22. The maximum absolute atomic E-state index is 12.1. The number of halogens is 1. The van der Waals surface area contributed by atoms with E-state index < -0.39 is 5.91 Å². The summed E-state index contributed by atoms with van der Waals surface area (Å²) in [6, 6.07) is 7.11. The first kappa shape index (κ1) is 13.8. The Labute approximate surface area is 116 Å². The van der Waals surface area contributed by atoms with Gasteiger partial charge in [0.25, 0.3) is 11.9 Å². The lowest BCUT2D eigenvalue weighted by Gasteiger charge is -2.27. The van der Waals surface area contributed by atoms with Gasteiger partial charge in [-0.05, 0) is 12.1 Å². The van der Waals surface area contributed by atoms with Crippen LogP contribution in [0.4, 0.5) is 0 Å². The number of amidine groups is 1. The Morgan fingerprint density at radius 2 is 2.05 bits per heavy atom. The van der Waals surface area contributed by atoms with E-state index >= 15 is 0 Å². The third-order valence-electron chi connectivity index (χ3n) is 2.77. The average molecular weight is 283 g/mol. The number of methoxy groups -OCH3 is 1. The lowest BCUT2D eigenvalue weighted by molar-refractivity contribution is 0.0574. The second-order valence-corrected chi connectivity index (χ2v) is 4.39. The summed E-state index contributed by atoms with van der Waals surface area (Å²) in [7, 11) is 1.49. The van der Waals surface area contributed by atoms with E-state index in [1.54, 1.807) is 24.3 Å². The van der Waals surface area contributed by atoms with Crippen LogP contribution in [0.3, 0.4) is 0 Å². The van der Waals surface area contributed by atoms with Gasteiger partial charge in [0.05, 0.1) is 30.9 Å². The molecule has 0 N–H and O–H groups in total. The molecule has 1 aromatic carbocycles. The maximum atomic E-state index is 12.1. The van der Waals surface area contributed by atoms with Gasteiger partial charge >= 0.3 is 0 Å². The Kier molecular flexibility index (Phi) is 4.76. The third kappa shape index (κ3) is 3.45. The summed E-state index contributed by atoms with van der Waals surface area (Å²) >= 11 is 5.97. The van der Waals surface area contributed by atoms with E-state index in [2.05, 4.69) is 4.99 Å². The van der Waals surface area contributed by atoms with Crippen LogP contribution in [0.2, 0.25) is 5.02 Å². The number of amides is 1. The summed E-state index contributed by atoms with van der Waals surface area (Å²) in [4.78, 5) is 17.9. The highest BCUT2D eigenvalue weighted by Crippen LogP contribution is 2.16. The van der Waals surface area contributed by atoms with Crippen molar-refractivity contribution in [1.29, 1.82) is 0 Å². The molecule has 2 rings (SSSR count). The van der Waals surface area contributed by atoms with Crippen LogP contribution in [-0.2, 0) is 9.47 Å². The normalized spacial score (nSPS) is 16.3. The van der Waals surface area contributed by atoms with Crippen LogP contribution in [0.25, 0.3) is 0 Å². The van der Waals surface area contributed by atoms with Crippen molar-refractivity contribution >= 4 is 23.5 Å². The molecule has 0 aromatic heterocycles. The molecule has 0 aliphatic carbocycles. The molecule has 19 heavy (non-hydrogen) atoms. The van der Waals surface area contributed by atoms with Crippen molar-refractivity contribution in [2.45, 2.75) is 0 Å². The van der Waals surface area contributed by atoms with Crippen LogP contribution in [0, 0.1) is 0 Å². The first-order valence-corrected chi connectivity index (χ1v) is 6.34. The van der Waals surface area contributed by atoms with Gasteiger partial charge in [-0.3, -0.25) is 4.79 Å². The zero-order valence-electron chi connectivity index (χ0n) is 10.6. The summed E-state index contributed by atoms with van der Waals surface area (Å²) in [5.41, 5.74) is 0.368. The highest BCUT2D eigenvalue weighted by atomic mass is 35.5. The monoisotopic (exact) mass is 282 g/mol. The summed E-state index contributed by atoms with van der Waals surface area (Å²) in [5.74, 6) is -0.408. The predicted octanol–water partition coefficient (Wildman–Crippen LogP) is 1.81. The topological polar surface area (TPSA) is 51.1 Å². The molecular formula is C13H15ClN2O3. The van der Waals surface area contributed by atoms with Gasteiger partial charge in [-0.2, -0.15) is 4.99 Å². The molecule has 0 unspecified atom stereocenters. The highest BCUT2D eigenvalue weighted by Gasteiger charge is 2.18. The highest BCUT2D eigenvalue weighted by molar-refractivity contribution is 6.34. The van der Waals surface area contributed by atoms with E-state index in [1.807, 2.05) is 4.90 Å². The van der Waals surface area contributed by atoms with Gasteiger partial charge in [0.15, 0.2) is 0 Å². The van der Waals surface area contributed by atoms with Crippen molar-refractivity contribution < 1.29 is 14.3 Å². The standard InChI is InChI=1S/C13H15ClN2O3/c1-18-13(16-6-8-19-9-7-16)15-12(17)10-4-2-3-5-11(10)14/h2-5H,6-9H2,1H3. The van der Waals surface area contributed by atoms with Crippen molar-refractivity contribution in [3.05, 3.63) is 34.9 Å². The summed E-state index contributed by atoms with van der Waals surface area (Å²) in [6.07, 6.45) is 0. The lowest BCUT2D eigenvalue weighted by Crippen LogP contribution is -2.41. The van der Waals surface area contributed by atoms with Gasteiger partial charge in [-0.25, -0.2) is 0 Å². The molecule has 102 valence electrons. The fourth-order valence-electron chi connectivity index (χ4n) is 1.78. The van der Waals surface area contributed by atoms with Crippen molar-refractivity contribution in [2.75, 3.05) is 33.4 Å². The van der Waals surface area contributed by atoms with Crippen LogP contribution in [-0.4, -0.2) is 50.2 Å². The number of carbonyl (C=O) groups excluding carboxylic acids is 1. The van der Waals surface area contributed by atoms with Gasteiger partial charge in [0, 0.05) is 13.1 Å². The molecule has 0 saturated carbocycles. The van der Waals surface area contributed by atoms with E-state index in [-0.39, 0.29) is 0 Å². The van der Waals surface area contributed by atoms with Crippen LogP contribution in [0.5, 0.6) is 0 Å². The Morgan fingerprint density at radius 3 is 2.68 bits per heavy atom. The molecule has 0 spiro atoms. The molecule has 1 heterocycles. The van der Waals surface area contributed by atoms with Crippen LogP contribution >= 0.6 is 11.6 Å². The van der Waals surface area contributed by atoms with Gasteiger partial charge in [-0.15, -0.1) is 0 Å². The second-order valence-electron chi connectivity index (χ2n) is 3.98. The summed E-state index contributed by atoms with van der Waals surface area (Å²) in [6.45, 7) is 2.51. The number of carbonyl (C=O) groups is 1. The SMILES string of the molecule is COC(=NC(=O)c1ccccc1Cl)N1CCOCC1. The van der Waals surface area contributed by atoms with E-state index in [9.17, 15) is 4.79 Å². The van der Waals surface area contributed by atoms with Crippen LogP contribution in [0.15, 0.2) is 29.3 Å². The van der Waals surface area contributed by atoms with Gasteiger partial charge in [0.1, 0.15) is 0 Å². The quantitative estimate of drug-likeness (QED) is 0.582. The zero-order chi connectivity index (χ0) is 13.7. The molecule has 0 radical (unpaired) electrons. The Morgan fingerprint density at radius 1 is 1.37 bits per heavy atom. The number of hydrogen-bond donors (Lipinski definition) is 0. The lowest BCUT2D eigenvalue weighted by atomic mass is 10.2. The molecular weight excluding hydrogens is 268 g/mol. The minimum absolute atomic E-state index is 0.299. The van der Waals surface area contributed by atoms with E-state index in [1.165, 1.54) is 7.11 Å². The number of ether oxygens (including phenoxy) is 2. The maximum Gasteiger partial charge on any atom is 0.295 e. The smallest absolute Gasteiger partial charge is 0.295 e. The molecule has 6 heteroatoms. The average Bonchev–Trinajstić information content (AvgIpc) is 2.46. The van der Waals surface area contributed by atoms with E-state index in [4.69, 9.17) is 21.1 Å². The Balaban J connectivity index is 2.17. The second kappa shape index (κ2) is 6.54. The van der Waals surface area contributed by atoms with Crippen LogP contribution in [0.1, 0.15) is 10.4 Å². The van der Waals surface area contributed by atoms with E-state index in [0.29, 0.717) is 42.9 Å². The summed E-state index contributed by atoms with van der Waals surface area (Å²) < 4.78 is 10.4. The molecule has 1 aliphatic rings. The molecule has 1 aliphatic heterocycles. The number of benzene rings is 1. The Hall–Kier alpha value is -1.59. The van der Waals surface area contributed by atoms with Gasteiger partial charge < -0.3 is 14.4 Å². The number of rotatable bonds is 1. The molecule has 0 bridgehead atoms. The van der Waals surface area contributed by atoms with E-state index in [0.717, 1.165) is 0 Å². The minimum atomic E-state index is -0.408. The number of aliphatic imine (C=N–C) groups is 1. The summed E-state index contributed by atoms with van der Waals surface area (Å²) in [5, 5.41) is 0.383. The predicted molar refractivity (Wildman–Crippen MR) is 72.6 cm³/mol. The van der Waals surface area contributed by atoms with Crippen molar-refractivity contribution in [2.24, 2.45) is 4.99 Å². The minimum Gasteiger partial charge on any atom is -0.468 e. The number of morpholine rings is 1. The molecule has 5 nitrogen and oxygen atoms in total. The Bertz CT molecular complexity index is 485. The van der Waals surface area contributed by atoms with Crippen molar-refractivity contribution in [3.8, 4) is 0 Å². The van der Waals surface area contributed by atoms with Gasteiger partial charge in [-0.1, -0.05) is 23.7 Å². The molecule has 1 saturated heterocycles. The fourth-order valence-corrected chi connectivity index (χ4v) is 2.00. The number of nitrogens with zero attached hydrogens (tertiary/aromatic N) is 2. The van der Waals surface area contributed by atoms with Gasteiger partial charge in [0.2, 0.25) is 0 Å².